The Morgan fingerprint density at radius 1 is 0.833 bits per heavy atom. The van der Waals surface area contributed by atoms with Crippen molar-refractivity contribution in [1.29, 1.82) is 0 Å². The van der Waals surface area contributed by atoms with Gasteiger partial charge in [0.2, 0.25) is 5.91 Å². The molecule has 0 aromatic heterocycles. The summed E-state index contributed by atoms with van der Waals surface area (Å²) < 4.78 is 0. The van der Waals surface area contributed by atoms with E-state index in [2.05, 4.69) is 22.0 Å². The van der Waals surface area contributed by atoms with Gasteiger partial charge in [0.15, 0.2) is 5.11 Å². The zero-order chi connectivity index (χ0) is 21.5. The van der Waals surface area contributed by atoms with Crippen LogP contribution in [-0.2, 0) is 4.79 Å². The molecule has 0 aliphatic carbocycles. The molecule has 0 heterocycles. The van der Waals surface area contributed by atoms with Crippen LogP contribution in [-0.4, -0.2) is 16.8 Å². The summed E-state index contributed by atoms with van der Waals surface area (Å²) in [5.41, 5.74) is 6.11. The predicted octanol–water partition coefficient (Wildman–Crippen LogP) is 6.15. The maximum absolute atomic E-state index is 12.3. The maximum Gasteiger partial charge on any atom is 0.234 e. The Labute approximate surface area is 187 Å². The Morgan fingerprint density at radius 3 is 2.27 bits per heavy atom. The lowest BCUT2D eigenvalue weighted by Gasteiger charge is -2.12. The molecule has 154 valence electrons. The molecule has 3 aromatic carbocycles. The Morgan fingerprint density at radius 2 is 1.53 bits per heavy atom. The average molecular weight is 436 g/mol. The van der Waals surface area contributed by atoms with Gasteiger partial charge in [-0.1, -0.05) is 41.5 Å². The maximum atomic E-state index is 12.3. The third-order valence-electron chi connectivity index (χ3n) is 4.43. The average Bonchev–Trinajstić information content (AvgIpc) is 2.70. The highest BCUT2D eigenvalue weighted by molar-refractivity contribution is 8.00. The molecule has 0 fully saturated rings. The van der Waals surface area contributed by atoms with Crippen molar-refractivity contribution in [3.05, 3.63) is 83.4 Å². The van der Waals surface area contributed by atoms with E-state index < -0.39 is 0 Å². The first kappa shape index (κ1) is 21.9. The van der Waals surface area contributed by atoms with E-state index in [1.165, 1.54) is 22.9 Å². The lowest BCUT2D eigenvalue weighted by Crippen LogP contribution is -2.19. The van der Waals surface area contributed by atoms with Crippen molar-refractivity contribution in [3.8, 4) is 0 Å². The Bertz CT molecular complexity index is 1050. The van der Waals surface area contributed by atoms with Gasteiger partial charge in [-0.25, -0.2) is 0 Å². The second kappa shape index (κ2) is 10.3. The van der Waals surface area contributed by atoms with Crippen LogP contribution in [0, 0.1) is 20.8 Å². The second-order valence-electron chi connectivity index (χ2n) is 7.13. The van der Waals surface area contributed by atoms with Crippen molar-refractivity contribution in [2.45, 2.75) is 25.7 Å². The number of carbonyl (C=O) groups excluding carboxylic acids is 1. The number of hydrogen-bond acceptors (Lipinski definition) is 3. The molecule has 3 rings (SSSR count). The lowest BCUT2D eigenvalue weighted by molar-refractivity contribution is -0.113. The molecule has 4 nitrogen and oxygen atoms in total. The van der Waals surface area contributed by atoms with Crippen LogP contribution in [0.2, 0.25) is 0 Å². The first-order valence-corrected chi connectivity index (χ1v) is 11.0. The van der Waals surface area contributed by atoms with Crippen molar-refractivity contribution >= 4 is 52.1 Å². The van der Waals surface area contributed by atoms with Gasteiger partial charge in [0.05, 0.1) is 5.75 Å². The van der Waals surface area contributed by atoms with E-state index in [4.69, 9.17) is 12.2 Å². The third kappa shape index (κ3) is 6.61. The van der Waals surface area contributed by atoms with E-state index in [-0.39, 0.29) is 5.91 Å². The van der Waals surface area contributed by atoms with Crippen molar-refractivity contribution in [2.24, 2.45) is 0 Å². The highest BCUT2D eigenvalue weighted by Crippen LogP contribution is 2.23. The fraction of sp³-hybridized carbons (Fsp3) is 0.167. The number of hydrogen-bond donors (Lipinski definition) is 3. The Balaban J connectivity index is 1.52. The van der Waals surface area contributed by atoms with Crippen LogP contribution in [0.4, 0.5) is 17.1 Å². The Hall–Kier alpha value is -2.83. The SMILES string of the molecule is Cc1ccc(NC(=S)Nc2cccc(SCC(=O)Nc3ccc(C)cc3C)c2)cc1. The molecule has 6 heteroatoms. The standard InChI is InChI=1S/C24H25N3OS2/c1-16-7-10-19(11-8-16)25-24(29)26-20-5-4-6-21(14-20)30-15-23(28)27-22-12-9-17(2)13-18(22)3/h4-14H,15H2,1-3H3,(H,27,28)(H2,25,26,29). The highest BCUT2D eigenvalue weighted by Gasteiger charge is 2.07. The molecular weight excluding hydrogens is 410 g/mol. The summed E-state index contributed by atoms with van der Waals surface area (Å²) in [6.45, 7) is 6.08. The van der Waals surface area contributed by atoms with Gasteiger partial charge in [0.1, 0.15) is 0 Å². The summed E-state index contributed by atoms with van der Waals surface area (Å²) in [7, 11) is 0. The molecule has 0 aliphatic heterocycles. The van der Waals surface area contributed by atoms with Crippen LogP contribution in [0.5, 0.6) is 0 Å². The highest BCUT2D eigenvalue weighted by atomic mass is 32.2. The van der Waals surface area contributed by atoms with Crippen molar-refractivity contribution < 1.29 is 4.79 Å². The zero-order valence-corrected chi connectivity index (χ0v) is 18.9. The smallest absolute Gasteiger partial charge is 0.234 e. The molecular formula is C24H25N3OS2. The van der Waals surface area contributed by atoms with E-state index in [0.29, 0.717) is 10.9 Å². The van der Waals surface area contributed by atoms with E-state index in [0.717, 1.165) is 27.5 Å². The Kier molecular flexibility index (Phi) is 7.49. The molecule has 3 aromatic rings. The number of benzene rings is 3. The summed E-state index contributed by atoms with van der Waals surface area (Å²) in [5, 5.41) is 9.87. The first-order valence-electron chi connectivity index (χ1n) is 9.64. The van der Waals surface area contributed by atoms with Gasteiger partial charge in [-0.3, -0.25) is 4.79 Å². The van der Waals surface area contributed by atoms with E-state index >= 15 is 0 Å². The van der Waals surface area contributed by atoms with Gasteiger partial charge >= 0.3 is 0 Å². The monoisotopic (exact) mass is 435 g/mol. The molecule has 0 spiro atoms. The van der Waals surface area contributed by atoms with Crippen molar-refractivity contribution in [1.82, 2.24) is 0 Å². The number of thiocarbonyl (C=S) groups is 1. The van der Waals surface area contributed by atoms with Gasteiger partial charge in [0.25, 0.3) is 0 Å². The largest absolute Gasteiger partial charge is 0.332 e. The van der Waals surface area contributed by atoms with E-state index in [1.54, 1.807) is 0 Å². The van der Waals surface area contributed by atoms with Crippen LogP contribution < -0.4 is 16.0 Å². The van der Waals surface area contributed by atoms with Crippen LogP contribution >= 0.6 is 24.0 Å². The molecule has 0 atom stereocenters. The van der Waals surface area contributed by atoms with Crippen LogP contribution in [0.3, 0.4) is 0 Å². The fourth-order valence-electron chi connectivity index (χ4n) is 2.88. The number of nitrogens with one attached hydrogen (secondary N) is 3. The summed E-state index contributed by atoms with van der Waals surface area (Å²) >= 11 is 6.89. The normalized spacial score (nSPS) is 10.4. The molecule has 0 saturated carbocycles. The lowest BCUT2D eigenvalue weighted by atomic mass is 10.1. The van der Waals surface area contributed by atoms with E-state index in [1.807, 2.05) is 81.4 Å². The van der Waals surface area contributed by atoms with Gasteiger partial charge in [-0.15, -0.1) is 11.8 Å². The zero-order valence-electron chi connectivity index (χ0n) is 17.3. The van der Waals surface area contributed by atoms with Crippen LogP contribution in [0.15, 0.2) is 71.6 Å². The minimum absolute atomic E-state index is 0.0260. The second-order valence-corrected chi connectivity index (χ2v) is 8.59. The summed E-state index contributed by atoms with van der Waals surface area (Å²) in [5.74, 6) is 0.310. The number of thioether (sulfide) groups is 1. The topological polar surface area (TPSA) is 53.2 Å². The third-order valence-corrected chi connectivity index (χ3v) is 5.63. The summed E-state index contributed by atoms with van der Waals surface area (Å²) in [6.07, 6.45) is 0. The minimum Gasteiger partial charge on any atom is -0.332 e. The van der Waals surface area contributed by atoms with Crippen LogP contribution in [0.25, 0.3) is 0 Å². The number of carbonyl (C=O) groups is 1. The van der Waals surface area contributed by atoms with Crippen molar-refractivity contribution in [3.63, 3.8) is 0 Å². The molecule has 0 saturated heterocycles. The van der Waals surface area contributed by atoms with Gasteiger partial charge < -0.3 is 16.0 Å². The quantitative estimate of drug-likeness (QED) is 0.320. The number of rotatable bonds is 6. The minimum atomic E-state index is -0.0260. The molecule has 0 aliphatic rings. The van der Waals surface area contributed by atoms with Gasteiger partial charge in [-0.05, 0) is 75.0 Å². The number of aryl methyl sites for hydroxylation is 3. The predicted molar refractivity (Wildman–Crippen MR) is 133 cm³/mol. The van der Waals surface area contributed by atoms with E-state index in [9.17, 15) is 4.79 Å². The van der Waals surface area contributed by atoms with Gasteiger partial charge in [-0.2, -0.15) is 0 Å². The number of anilines is 3. The molecule has 0 radical (unpaired) electrons. The van der Waals surface area contributed by atoms with Crippen LogP contribution in [0.1, 0.15) is 16.7 Å². The number of amides is 1. The molecule has 0 unspecified atom stereocenters. The molecule has 30 heavy (non-hydrogen) atoms. The summed E-state index contributed by atoms with van der Waals surface area (Å²) in [4.78, 5) is 13.3. The van der Waals surface area contributed by atoms with Crippen molar-refractivity contribution in [2.75, 3.05) is 21.7 Å². The molecule has 1 amide bonds. The fourth-order valence-corrected chi connectivity index (χ4v) is 3.87. The first-order chi connectivity index (χ1) is 14.4. The summed E-state index contributed by atoms with van der Waals surface area (Å²) in [6, 6.07) is 21.9. The molecule has 3 N–H and O–H groups in total. The van der Waals surface area contributed by atoms with Gasteiger partial charge in [0, 0.05) is 22.0 Å². The molecule has 0 bridgehead atoms.